The Labute approximate surface area is 140 Å². The average molecular weight is 363 g/mol. The molecule has 0 spiro atoms. The second-order valence-electron chi connectivity index (χ2n) is 5.45. The minimum Gasteiger partial charge on any atom is -0.367 e. The molecule has 0 bridgehead atoms. The summed E-state index contributed by atoms with van der Waals surface area (Å²) in [7, 11) is 0. The van der Waals surface area contributed by atoms with Gasteiger partial charge in [-0.15, -0.1) is 11.3 Å². The van der Waals surface area contributed by atoms with Crippen molar-refractivity contribution in [3.63, 3.8) is 0 Å². The molecule has 3 rings (SSSR count). The van der Waals surface area contributed by atoms with E-state index in [1.54, 1.807) is 11.4 Å². The molecule has 0 unspecified atom stereocenters. The van der Waals surface area contributed by atoms with E-state index in [-0.39, 0.29) is 24.0 Å². The van der Waals surface area contributed by atoms with Crippen LogP contribution < -0.4 is 5.32 Å². The van der Waals surface area contributed by atoms with Crippen LogP contribution in [0.25, 0.3) is 10.8 Å². The highest BCUT2D eigenvalue weighted by atomic mass is 35.5. The van der Waals surface area contributed by atoms with E-state index in [0.717, 1.165) is 0 Å². The lowest BCUT2D eigenvalue weighted by molar-refractivity contribution is -0.0361. The number of hydrogen-bond acceptors (Lipinski definition) is 5. The summed E-state index contributed by atoms with van der Waals surface area (Å²) in [5.41, 5.74) is 0.317. The third kappa shape index (κ3) is 4.11. The van der Waals surface area contributed by atoms with E-state index in [4.69, 9.17) is 11.6 Å². The van der Waals surface area contributed by atoms with Crippen LogP contribution in [0.2, 0.25) is 5.15 Å². The van der Waals surface area contributed by atoms with Gasteiger partial charge in [-0.25, -0.2) is 28.1 Å². The van der Waals surface area contributed by atoms with Gasteiger partial charge in [0.1, 0.15) is 17.6 Å². The molecule has 0 amide bonds. The van der Waals surface area contributed by atoms with Crippen LogP contribution in [-0.2, 0) is 6.67 Å². The second kappa shape index (κ2) is 6.60. The van der Waals surface area contributed by atoms with Crippen LogP contribution in [0.3, 0.4) is 0 Å². The summed E-state index contributed by atoms with van der Waals surface area (Å²) in [4.78, 5) is 12.5. The molecular weight excluding hydrogens is 349 g/mol. The highest BCUT2D eigenvalue weighted by molar-refractivity contribution is 7.13. The van der Waals surface area contributed by atoms with Crippen LogP contribution in [-0.4, -0.2) is 26.9 Å². The van der Waals surface area contributed by atoms with E-state index >= 15 is 0 Å². The van der Waals surface area contributed by atoms with E-state index in [2.05, 4.69) is 20.3 Å². The number of nitrogens with zero attached hydrogens (tertiary/aromatic N) is 3. The summed E-state index contributed by atoms with van der Waals surface area (Å²) in [6, 6.07) is 1.47. The summed E-state index contributed by atoms with van der Waals surface area (Å²) in [6.07, 6.45) is 0.464. The lowest BCUT2D eigenvalue weighted by Gasteiger charge is -2.29. The summed E-state index contributed by atoms with van der Waals surface area (Å²) >= 11 is 7.22. The quantitative estimate of drug-likeness (QED) is 0.800. The second-order valence-corrected chi connectivity index (χ2v) is 6.70. The van der Waals surface area contributed by atoms with Gasteiger partial charge < -0.3 is 5.32 Å². The molecule has 23 heavy (non-hydrogen) atoms. The molecule has 9 heteroatoms. The minimum atomic E-state index is -2.57. The minimum absolute atomic E-state index is 0.0776. The van der Waals surface area contributed by atoms with Crippen molar-refractivity contribution >= 4 is 28.8 Å². The smallest absolute Gasteiger partial charge is 0.248 e. The first-order valence-corrected chi connectivity index (χ1v) is 8.41. The number of alkyl halides is 3. The largest absolute Gasteiger partial charge is 0.367 e. The van der Waals surface area contributed by atoms with Crippen molar-refractivity contribution in [1.82, 2.24) is 15.0 Å². The molecule has 0 aromatic carbocycles. The predicted octanol–water partition coefficient (Wildman–Crippen LogP) is 4.71. The van der Waals surface area contributed by atoms with Gasteiger partial charge in [0, 0.05) is 30.3 Å². The summed E-state index contributed by atoms with van der Waals surface area (Å²) < 4.78 is 39.0. The summed E-state index contributed by atoms with van der Waals surface area (Å²) in [5, 5.41) is 5.41. The summed E-state index contributed by atoms with van der Waals surface area (Å²) in [5.74, 6) is -1.81. The Balaban J connectivity index is 1.75. The van der Waals surface area contributed by atoms with E-state index in [0.29, 0.717) is 35.2 Å². The molecule has 0 aliphatic heterocycles. The van der Waals surface area contributed by atoms with Gasteiger partial charge in [-0.3, -0.25) is 0 Å². The van der Waals surface area contributed by atoms with Gasteiger partial charge in [-0.2, -0.15) is 0 Å². The van der Waals surface area contributed by atoms with Gasteiger partial charge in [0.25, 0.3) is 0 Å². The fraction of sp³-hybridized carbons (Fsp3) is 0.500. The Kier molecular flexibility index (Phi) is 4.72. The van der Waals surface area contributed by atoms with Crippen LogP contribution in [0.5, 0.6) is 0 Å². The first kappa shape index (κ1) is 16.4. The zero-order valence-corrected chi connectivity index (χ0v) is 13.6. The topological polar surface area (TPSA) is 50.7 Å². The van der Waals surface area contributed by atoms with E-state index in [9.17, 15) is 13.2 Å². The lowest BCUT2D eigenvalue weighted by Crippen LogP contribution is -2.32. The number of hydrogen-bond donors (Lipinski definition) is 1. The molecule has 2 aromatic rings. The van der Waals surface area contributed by atoms with Crippen LogP contribution in [0.4, 0.5) is 19.0 Å². The molecule has 0 atom stereocenters. The number of halogens is 4. The van der Waals surface area contributed by atoms with Gasteiger partial charge in [-0.05, 0) is 12.8 Å². The zero-order valence-electron chi connectivity index (χ0n) is 12.0. The van der Waals surface area contributed by atoms with Gasteiger partial charge in [-0.1, -0.05) is 11.6 Å². The van der Waals surface area contributed by atoms with Crippen molar-refractivity contribution in [2.75, 3.05) is 5.32 Å². The van der Waals surface area contributed by atoms with Crippen molar-refractivity contribution in [3.05, 3.63) is 22.3 Å². The van der Waals surface area contributed by atoms with E-state index in [1.807, 2.05) is 0 Å². The maximum atomic E-state index is 13.2. The molecule has 1 aliphatic rings. The molecule has 124 valence electrons. The normalized spacial score (nSPS) is 18.1. The van der Waals surface area contributed by atoms with E-state index < -0.39 is 12.6 Å². The Bertz CT molecular complexity index is 684. The standard InChI is InChI=1S/C14H14ClF3N4S/c15-10-5-11(19-8-1-3-14(17,18)4-2-8)22-12(21-10)13-20-9(6-16)7-23-13/h5,7-8H,1-4,6H2,(H,19,21,22). The van der Waals surface area contributed by atoms with Crippen molar-refractivity contribution in [2.24, 2.45) is 0 Å². The molecular formula is C14H14ClF3N4S. The van der Waals surface area contributed by atoms with Crippen molar-refractivity contribution in [1.29, 1.82) is 0 Å². The lowest BCUT2D eigenvalue weighted by atomic mass is 9.92. The fourth-order valence-electron chi connectivity index (χ4n) is 2.45. The molecule has 1 N–H and O–H groups in total. The predicted molar refractivity (Wildman–Crippen MR) is 83.8 cm³/mol. The number of rotatable bonds is 4. The van der Waals surface area contributed by atoms with Crippen molar-refractivity contribution < 1.29 is 13.2 Å². The van der Waals surface area contributed by atoms with Crippen LogP contribution in [0.15, 0.2) is 11.4 Å². The van der Waals surface area contributed by atoms with Crippen molar-refractivity contribution in [3.8, 4) is 10.8 Å². The molecule has 1 fully saturated rings. The third-order valence-electron chi connectivity index (χ3n) is 3.64. The Morgan fingerprint density at radius 1 is 1.26 bits per heavy atom. The van der Waals surface area contributed by atoms with Crippen molar-refractivity contribution in [2.45, 2.75) is 44.3 Å². The zero-order chi connectivity index (χ0) is 16.4. The maximum Gasteiger partial charge on any atom is 0.248 e. The molecule has 0 radical (unpaired) electrons. The van der Waals surface area contributed by atoms with Crippen LogP contribution in [0, 0.1) is 0 Å². The Hall–Kier alpha value is -1.41. The first-order valence-electron chi connectivity index (χ1n) is 7.15. The molecule has 4 nitrogen and oxygen atoms in total. The van der Waals surface area contributed by atoms with Gasteiger partial charge in [0.15, 0.2) is 10.8 Å². The Morgan fingerprint density at radius 2 is 2.00 bits per heavy atom. The van der Waals surface area contributed by atoms with Gasteiger partial charge in [0.05, 0.1) is 5.69 Å². The highest BCUT2D eigenvalue weighted by Gasteiger charge is 2.35. The fourth-order valence-corrected chi connectivity index (χ4v) is 3.37. The monoisotopic (exact) mass is 362 g/mol. The number of nitrogens with one attached hydrogen (secondary N) is 1. The molecule has 1 aliphatic carbocycles. The van der Waals surface area contributed by atoms with Gasteiger partial charge >= 0.3 is 0 Å². The average Bonchev–Trinajstić information content (AvgIpc) is 2.98. The SMILES string of the molecule is FCc1csc(-c2nc(Cl)cc(NC3CCC(F)(F)CC3)n2)n1. The number of anilines is 1. The summed E-state index contributed by atoms with van der Waals surface area (Å²) in [6.45, 7) is -0.654. The molecule has 1 saturated carbocycles. The van der Waals surface area contributed by atoms with Gasteiger partial charge in [0.2, 0.25) is 5.92 Å². The first-order chi connectivity index (χ1) is 10.9. The molecule has 2 aromatic heterocycles. The Morgan fingerprint density at radius 3 is 2.65 bits per heavy atom. The third-order valence-corrected chi connectivity index (χ3v) is 4.72. The maximum absolute atomic E-state index is 13.2. The van der Waals surface area contributed by atoms with E-state index in [1.165, 1.54) is 11.3 Å². The van der Waals surface area contributed by atoms with Crippen LogP contribution >= 0.6 is 22.9 Å². The van der Waals surface area contributed by atoms with Crippen LogP contribution in [0.1, 0.15) is 31.4 Å². The highest BCUT2D eigenvalue weighted by Crippen LogP contribution is 2.34. The molecule has 0 saturated heterocycles. The number of thiazole rings is 1. The number of aromatic nitrogens is 3. The molecule has 2 heterocycles.